The third-order valence-electron chi connectivity index (χ3n) is 3.36. The van der Waals surface area contributed by atoms with E-state index >= 15 is 0 Å². The van der Waals surface area contributed by atoms with Gasteiger partial charge >= 0.3 is 6.61 Å². The zero-order valence-corrected chi connectivity index (χ0v) is 13.5. The molecule has 134 valence electrons. The lowest BCUT2D eigenvalue weighted by atomic mass is 10.2. The number of nitrogens with one attached hydrogen (secondary N) is 1. The summed E-state index contributed by atoms with van der Waals surface area (Å²) in [5.74, 6) is -0.486. The number of halogens is 2. The molecule has 26 heavy (non-hydrogen) atoms. The Balaban J connectivity index is 1.81. The molecule has 2 aromatic carbocycles. The number of aromatic nitrogens is 4. The van der Waals surface area contributed by atoms with Crippen molar-refractivity contribution in [3.63, 3.8) is 0 Å². The molecule has 0 aliphatic heterocycles. The lowest BCUT2D eigenvalue weighted by Gasteiger charge is -2.12. The van der Waals surface area contributed by atoms with E-state index in [1.54, 1.807) is 24.3 Å². The fraction of sp³-hybridized carbons (Fsp3) is 0.125. The highest BCUT2D eigenvalue weighted by atomic mass is 19.3. The molecule has 0 atom stereocenters. The Kier molecular flexibility index (Phi) is 5.02. The number of anilines is 1. The van der Waals surface area contributed by atoms with Crippen molar-refractivity contribution in [1.82, 2.24) is 20.2 Å². The molecule has 0 aliphatic carbocycles. The summed E-state index contributed by atoms with van der Waals surface area (Å²) in [6.45, 7) is -3.01. The summed E-state index contributed by atoms with van der Waals surface area (Å²) < 4.78 is 35.7. The highest BCUT2D eigenvalue weighted by Crippen LogP contribution is 2.31. The van der Waals surface area contributed by atoms with E-state index in [1.165, 1.54) is 36.3 Å². The SMILES string of the molecule is COc1ccc(NC(=O)c2cccc(-n3cnnn3)c2)cc1OC(F)F. The standard InChI is InChI=1S/C16H13F2N5O3/c1-25-13-6-5-11(8-14(13)26-16(17)18)20-15(24)10-3-2-4-12(7-10)23-9-19-21-22-23/h2-9,16H,1H3,(H,20,24). The number of ether oxygens (including phenoxy) is 2. The van der Waals surface area contributed by atoms with Gasteiger partial charge in [0.1, 0.15) is 6.33 Å². The van der Waals surface area contributed by atoms with E-state index < -0.39 is 12.5 Å². The van der Waals surface area contributed by atoms with Crippen LogP contribution in [0.3, 0.4) is 0 Å². The lowest BCUT2D eigenvalue weighted by Crippen LogP contribution is -2.13. The number of hydrogen-bond acceptors (Lipinski definition) is 6. The van der Waals surface area contributed by atoms with Crippen molar-refractivity contribution in [2.24, 2.45) is 0 Å². The van der Waals surface area contributed by atoms with Crippen molar-refractivity contribution in [2.75, 3.05) is 12.4 Å². The second-order valence-corrected chi connectivity index (χ2v) is 5.00. The molecule has 1 N–H and O–H groups in total. The van der Waals surface area contributed by atoms with Crippen molar-refractivity contribution in [3.05, 3.63) is 54.4 Å². The minimum atomic E-state index is -3.01. The molecule has 1 aromatic heterocycles. The molecule has 3 rings (SSSR count). The van der Waals surface area contributed by atoms with Crippen LogP contribution in [0, 0.1) is 0 Å². The molecule has 0 unspecified atom stereocenters. The van der Waals surface area contributed by atoms with Crippen LogP contribution < -0.4 is 14.8 Å². The highest BCUT2D eigenvalue weighted by molar-refractivity contribution is 6.04. The Morgan fingerprint density at radius 3 is 2.73 bits per heavy atom. The van der Waals surface area contributed by atoms with Gasteiger partial charge in [-0.1, -0.05) is 6.07 Å². The van der Waals surface area contributed by atoms with Gasteiger partial charge < -0.3 is 14.8 Å². The molecular weight excluding hydrogens is 348 g/mol. The molecule has 0 fully saturated rings. The van der Waals surface area contributed by atoms with Crippen molar-refractivity contribution in [1.29, 1.82) is 0 Å². The van der Waals surface area contributed by atoms with Gasteiger partial charge in [0.05, 0.1) is 12.8 Å². The summed E-state index contributed by atoms with van der Waals surface area (Å²) in [6, 6.07) is 10.8. The van der Waals surface area contributed by atoms with E-state index in [4.69, 9.17) is 4.74 Å². The van der Waals surface area contributed by atoms with E-state index in [0.717, 1.165) is 0 Å². The van der Waals surface area contributed by atoms with Crippen molar-refractivity contribution in [2.45, 2.75) is 6.61 Å². The second-order valence-electron chi connectivity index (χ2n) is 5.00. The predicted molar refractivity (Wildman–Crippen MR) is 86.7 cm³/mol. The van der Waals surface area contributed by atoms with Crippen LogP contribution in [-0.2, 0) is 0 Å². The van der Waals surface area contributed by atoms with Gasteiger partial charge in [0.25, 0.3) is 5.91 Å². The molecule has 0 spiro atoms. The monoisotopic (exact) mass is 361 g/mol. The molecule has 3 aromatic rings. The Bertz CT molecular complexity index is 903. The van der Waals surface area contributed by atoms with Gasteiger partial charge in [-0.25, -0.2) is 4.68 Å². The Morgan fingerprint density at radius 2 is 2.04 bits per heavy atom. The third-order valence-corrected chi connectivity index (χ3v) is 3.36. The van der Waals surface area contributed by atoms with E-state index in [0.29, 0.717) is 11.3 Å². The number of carbonyl (C=O) groups excluding carboxylic acids is 1. The maximum Gasteiger partial charge on any atom is 0.387 e. The summed E-state index contributed by atoms with van der Waals surface area (Å²) in [5, 5.41) is 13.4. The van der Waals surface area contributed by atoms with Crippen molar-refractivity contribution in [3.8, 4) is 17.2 Å². The Morgan fingerprint density at radius 1 is 1.19 bits per heavy atom. The number of methoxy groups -OCH3 is 1. The Labute approximate surface area is 146 Å². The molecule has 0 saturated carbocycles. The van der Waals surface area contributed by atoms with Crippen LogP contribution in [-0.4, -0.2) is 39.8 Å². The quantitative estimate of drug-likeness (QED) is 0.725. The molecule has 0 bridgehead atoms. The first-order valence-electron chi connectivity index (χ1n) is 7.34. The van der Waals surface area contributed by atoms with E-state index in [1.807, 2.05) is 0 Å². The zero-order chi connectivity index (χ0) is 18.5. The van der Waals surface area contributed by atoms with Crippen molar-refractivity contribution < 1.29 is 23.0 Å². The maximum atomic E-state index is 12.5. The van der Waals surface area contributed by atoms with Crippen LogP contribution in [0.5, 0.6) is 11.5 Å². The average Bonchev–Trinajstić information content (AvgIpc) is 3.16. The van der Waals surface area contributed by atoms with E-state index in [9.17, 15) is 13.6 Å². The smallest absolute Gasteiger partial charge is 0.387 e. The summed E-state index contributed by atoms with van der Waals surface area (Å²) in [7, 11) is 1.33. The summed E-state index contributed by atoms with van der Waals surface area (Å²) in [5.41, 5.74) is 1.21. The van der Waals surface area contributed by atoms with Crippen LogP contribution in [0.25, 0.3) is 5.69 Å². The molecule has 0 radical (unpaired) electrons. The van der Waals surface area contributed by atoms with Gasteiger partial charge in [0.15, 0.2) is 11.5 Å². The van der Waals surface area contributed by atoms with Gasteiger partial charge in [0.2, 0.25) is 0 Å². The molecule has 0 aliphatic rings. The topological polar surface area (TPSA) is 91.2 Å². The Hall–Kier alpha value is -3.56. The van der Waals surface area contributed by atoms with Crippen LogP contribution in [0.15, 0.2) is 48.8 Å². The number of benzene rings is 2. The second kappa shape index (κ2) is 7.55. The molecule has 10 heteroatoms. The summed E-state index contributed by atoms with van der Waals surface area (Å²) in [4.78, 5) is 12.4. The largest absolute Gasteiger partial charge is 0.493 e. The molecule has 1 heterocycles. The zero-order valence-electron chi connectivity index (χ0n) is 13.5. The molecule has 0 saturated heterocycles. The number of amides is 1. The van der Waals surface area contributed by atoms with Crippen molar-refractivity contribution >= 4 is 11.6 Å². The average molecular weight is 361 g/mol. The predicted octanol–water partition coefficient (Wildman–Crippen LogP) is 2.52. The van der Waals surface area contributed by atoms with Gasteiger partial charge in [-0.3, -0.25) is 4.79 Å². The number of nitrogens with zero attached hydrogens (tertiary/aromatic N) is 4. The first kappa shape index (κ1) is 17.3. The van der Waals surface area contributed by atoms with Gasteiger partial charge in [-0.05, 0) is 40.8 Å². The molecule has 8 nitrogen and oxygen atoms in total. The van der Waals surface area contributed by atoms with Crippen LogP contribution in [0.2, 0.25) is 0 Å². The molecular formula is C16H13F2N5O3. The highest BCUT2D eigenvalue weighted by Gasteiger charge is 2.13. The van der Waals surface area contributed by atoms with Gasteiger partial charge in [-0.2, -0.15) is 8.78 Å². The number of rotatable bonds is 6. The number of tetrazole rings is 1. The van der Waals surface area contributed by atoms with Crippen LogP contribution in [0.4, 0.5) is 14.5 Å². The van der Waals surface area contributed by atoms with Gasteiger partial charge in [0, 0.05) is 17.3 Å². The summed E-state index contributed by atoms with van der Waals surface area (Å²) >= 11 is 0. The first-order valence-corrected chi connectivity index (χ1v) is 7.34. The number of hydrogen-bond donors (Lipinski definition) is 1. The van der Waals surface area contributed by atoms with E-state index in [2.05, 4.69) is 25.6 Å². The number of carbonyl (C=O) groups is 1. The fourth-order valence-electron chi connectivity index (χ4n) is 2.22. The maximum absolute atomic E-state index is 12.5. The third kappa shape index (κ3) is 3.91. The molecule has 1 amide bonds. The van der Waals surface area contributed by atoms with Gasteiger partial charge in [-0.15, -0.1) is 5.10 Å². The van der Waals surface area contributed by atoms with E-state index in [-0.39, 0.29) is 17.2 Å². The number of alkyl halides is 2. The minimum Gasteiger partial charge on any atom is -0.493 e. The van der Waals surface area contributed by atoms with Crippen LogP contribution in [0.1, 0.15) is 10.4 Å². The minimum absolute atomic E-state index is 0.129. The van der Waals surface area contributed by atoms with Crippen LogP contribution >= 0.6 is 0 Å². The summed E-state index contributed by atoms with van der Waals surface area (Å²) in [6.07, 6.45) is 1.40. The fourth-order valence-corrected chi connectivity index (χ4v) is 2.22. The lowest BCUT2D eigenvalue weighted by molar-refractivity contribution is -0.0511. The normalized spacial score (nSPS) is 10.6. The first-order chi connectivity index (χ1) is 12.6.